The SMILES string of the molecule is CC(C)(C)NC(=O)[C@H]1CC[C@H]2[C@@H]3C=CC4=C(NC=O)C(=O)CC[C@]4(C)[C@H]3CC[C@]12C. The van der Waals surface area contributed by atoms with Gasteiger partial charge in [0, 0.05) is 17.9 Å². The van der Waals surface area contributed by atoms with Crippen LogP contribution >= 0.6 is 0 Å². The molecule has 0 radical (unpaired) electrons. The zero-order valence-electron chi connectivity index (χ0n) is 19.0. The Bertz CT molecular complexity index is 836. The Morgan fingerprint density at radius 2 is 1.87 bits per heavy atom. The van der Waals surface area contributed by atoms with Gasteiger partial charge in [-0.2, -0.15) is 0 Å². The van der Waals surface area contributed by atoms with Crippen molar-refractivity contribution in [2.45, 2.75) is 78.7 Å². The van der Waals surface area contributed by atoms with Crippen LogP contribution < -0.4 is 10.6 Å². The van der Waals surface area contributed by atoms with Crippen LogP contribution in [0.1, 0.15) is 73.1 Å². The highest BCUT2D eigenvalue weighted by Gasteiger charge is 2.60. The third kappa shape index (κ3) is 3.16. The molecule has 2 saturated carbocycles. The number of carbonyl (C=O) groups excluding carboxylic acids is 3. The Morgan fingerprint density at radius 3 is 2.53 bits per heavy atom. The van der Waals surface area contributed by atoms with Crippen LogP contribution in [-0.2, 0) is 14.4 Å². The van der Waals surface area contributed by atoms with Crippen molar-refractivity contribution in [1.82, 2.24) is 10.6 Å². The fourth-order valence-electron chi connectivity index (χ4n) is 7.25. The van der Waals surface area contributed by atoms with Gasteiger partial charge in [0.1, 0.15) is 0 Å². The second-order valence-corrected chi connectivity index (χ2v) is 11.5. The van der Waals surface area contributed by atoms with E-state index in [2.05, 4.69) is 36.6 Å². The molecule has 6 atom stereocenters. The molecule has 4 aliphatic carbocycles. The molecule has 0 aromatic heterocycles. The molecule has 30 heavy (non-hydrogen) atoms. The van der Waals surface area contributed by atoms with Crippen LogP contribution in [0.25, 0.3) is 0 Å². The molecule has 0 spiro atoms. The number of nitrogens with one attached hydrogen (secondary N) is 2. The Morgan fingerprint density at radius 1 is 1.13 bits per heavy atom. The summed E-state index contributed by atoms with van der Waals surface area (Å²) in [6, 6.07) is 0. The summed E-state index contributed by atoms with van der Waals surface area (Å²) in [5, 5.41) is 5.92. The highest BCUT2D eigenvalue weighted by molar-refractivity contribution is 5.99. The summed E-state index contributed by atoms with van der Waals surface area (Å²) in [5.74, 6) is 1.69. The van der Waals surface area contributed by atoms with Crippen molar-refractivity contribution in [3.8, 4) is 0 Å². The Kier molecular flexibility index (Phi) is 5.02. The lowest BCUT2D eigenvalue weighted by Crippen LogP contribution is -2.53. The summed E-state index contributed by atoms with van der Waals surface area (Å²) in [6.07, 6.45) is 10.5. The second kappa shape index (κ2) is 7.06. The van der Waals surface area contributed by atoms with Crippen LogP contribution in [0.15, 0.2) is 23.4 Å². The Hall–Kier alpha value is -1.91. The smallest absolute Gasteiger partial charge is 0.224 e. The average molecular weight is 413 g/mol. The normalized spacial score (nSPS) is 40.4. The van der Waals surface area contributed by atoms with Gasteiger partial charge in [0.25, 0.3) is 0 Å². The Balaban J connectivity index is 1.67. The first-order valence-corrected chi connectivity index (χ1v) is 11.5. The molecule has 2 N–H and O–H groups in total. The minimum atomic E-state index is -0.211. The predicted octanol–water partition coefficient (Wildman–Crippen LogP) is 3.90. The quantitative estimate of drug-likeness (QED) is 0.691. The molecule has 164 valence electrons. The first kappa shape index (κ1) is 21.3. The topological polar surface area (TPSA) is 75.3 Å². The molecule has 5 heteroatoms. The lowest BCUT2D eigenvalue weighted by molar-refractivity contribution is -0.132. The summed E-state index contributed by atoms with van der Waals surface area (Å²) in [7, 11) is 0. The van der Waals surface area contributed by atoms with E-state index in [0.29, 0.717) is 36.3 Å². The largest absolute Gasteiger partial charge is 0.351 e. The van der Waals surface area contributed by atoms with Crippen LogP contribution in [-0.4, -0.2) is 23.6 Å². The number of rotatable bonds is 3. The van der Waals surface area contributed by atoms with E-state index < -0.39 is 0 Å². The van der Waals surface area contributed by atoms with Crippen molar-refractivity contribution in [2.75, 3.05) is 0 Å². The van der Waals surface area contributed by atoms with Gasteiger partial charge in [-0.05, 0) is 87.0 Å². The molecule has 4 aliphatic rings. The minimum Gasteiger partial charge on any atom is -0.351 e. The number of Topliss-reactive ketones (excluding diaryl/α,β-unsaturated/α-hetero) is 1. The second-order valence-electron chi connectivity index (χ2n) is 11.5. The van der Waals surface area contributed by atoms with Crippen molar-refractivity contribution in [3.05, 3.63) is 23.4 Å². The number of ketones is 1. The lowest BCUT2D eigenvalue weighted by atomic mass is 9.48. The van der Waals surface area contributed by atoms with E-state index in [1.54, 1.807) is 0 Å². The minimum absolute atomic E-state index is 0.0206. The van der Waals surface area contributed by atoms with Crippen molar-refractivity contribution in [3.63, 3.8) is 0 Å². The van der Waals surface area contributed by atoms with Gasteiger partial charge >= 0.3 is 0 Å². The van der Waals surface area contributed by atoms with Gasteiger partial charge in [0.15, 0.2) is 5.78 Å². The van der Waals surface area contributed by atoms with E-state index >= 15 is 0 Å². The van der Waals surface area contributed by atoms with Crippen molar-refractivity contribution in [2.24, 2.45) is 34.5 Å². The first-order chi connectivity index (χ1) is 14.0. The molecular weight excluding hydrogens is 376 g/mol. The molecule has 2 fully saturated rings. The molecule has 0 aromatic rings. The highest BCUT2D eigenvalue weighted by Crippen LogP contribution is 2.65. The number of hydrogen-bond donors (Lipinski definition) is 2. The van der Waals surface area contributed by atoms with Crippen molar-refractivity contribution < 1.29 is 14.4 Å². The molecule has 4 rings (SSSR count). The molecule has 0 aliphatic heterocycles. The molecule has 2 amide bonds. The number of fused-ring (bicyclic) bond motifs is 5. The zero-order chi connectivity index (χ0) is 21.9. The van der Waals surface area contributed by atoms with Gasteiger partial charge in [-0.25, -0.2) is 0 Å². The maximum Gasteiger partial charge on any atom is 0.224 e. The van der Waals surface area contributed by atoms with E-state index in [1.165, 1.54) is 0 Å². The van der Waals surface area contributed by atoms with E-state index in [1.807, 2.05) is 20.8 Å². The summed E-state index contributed by atoms with van der Waals surface area (Å²) < 4.78 is 0. The zero-order valence-corrected chi connectivity index (χ0v) is 19.0. The summed E-state index contributed by atoms with van der Waals surface area (Å²) in [5.41, 5.74) is 1.22. The molecule has 0 heterocycles. The van der Waals surface area contributed by atoms with Crippen LogP contribution in [0, 0.1) is 34.5 Å². The van der Waals surface area contributed by atoms with Crippen molar-refractivity contribution in [1.29, 1.82) is 0 Å². The van der Waals surface area contributed by atoms with Gasteiger partial charge in [-0.15, -0.1) is 0 Å². The number of carbonyl (C=O) groups is 3. The van der Waals surface area contributed by atoms with Gasteiger partial charge in [0.2, 0.25) is 12.3 Å². The molecule has 5 nitrogen and oxygen atoms in total. The number of amides is 2. The average Bonchev–Trinajstić information content (AvgIpc) is 3.00. The Labute approximate surface area is 180 Å². The van der Waals surface area contributed by atoms with Gasteiger partial charge in [-0.1, -0.05) is 26.0 Å². The molecule has 0 aromatic carbocycles. The lowest BCUT2D eigenvalue weighted by Gasteiger charge is -2.56. The van der Waals surface area contributed by atoms with Crippen LogP contribution in [0.2, 0.25) is 0 Å². The number of allylic oxidation sites excluding steroid dienone is 4. The third-order valence-electron chi connectivity index (χ3n) is 8.69. The summed E-state index contributed by atoms with van der Waals surface area (Å²) in [4.78, 5) is 36.7. The van der Waals surface area contributed by atoms with E-state index in [9.17, 15) is 14.4 Å². The molecule has 0 bridgehead atoms. The fraction of sp³-hybridized carbons (Fsp3) is 0.720. The van der Waals surface area contributed by atoms with E-state index in [-0.39, 0.29) is 34.0 Å². The molecular formula is C25H36N2O3. The van der Waals surface area contributed by atoms with E-state index in [4.69, 9.17) is 0 Å². The third-order valence-corrected chi connectivity index (χ3v) is 8.69. The maximum absolute atomic E-state index is 13.1. The first-order valence-electron chi connectivity index (χ1n) is 11.5. The van der Waals surface area contributed by atoms with Gasteiger partial charge < -0.3 is 10.6 Å². The van der Waals surface area contributed by atoms with Crippen LogP contribution in [0.5, 0.6) is 0 Å². The highest BCUT2D eigenvalue weighted by atomic mass is 16.2. The van der Waals surface area contributed by atoms with E-state index in [0.717, 1.165) is 37.7 Å². The summed E-state index contributed by atoms with van der Waals surface area (Å²) in [6.45, 7) is 10.8. The standard InChI is InChI=1S/C25H36N2O3/c1-23(2,3)27-22(30)19-9-8-16-15-6-7-18-21(26-14-28)20(29)11-13-24(18,4)17(15)10-12-25(16,19)5/h6-7,14-17,19H,8-13H2,1-5H3,(H,26,28)(H,27,30)/t15-,16-,17-,19+,24+,25-/m0/s1. The molecule has 0 unspecified atom stereocenters. The fourth-order valence-corrected chi connectivity index (χ4v) is 7.25. The number of hydrogen-bond acceptors (Lipinski definition) is 3. The van der Waals surface area contributed by atoms with Gasteiger partial charge in [-0.3, -0.25) is 14.4 Å². The maximum atomic E-state index is 13.1. The monoisotopic (exact) mass is 412 g/mol. The summed E-state index contributed by atoms with van der Waals surface area (Å²) >= 11 is 0. The van der Waals surface area contributed by atoms with Crippen molar-refractivity contribution >= 4 is 18.1 Å². The van der Waals surface area contributed by atoms with Crippen LogP contribution in [0.4, 0.5) is 0 Å². The van der Waals surface area contributed by atoms with Gasteiger partial charge in [0.05, 0.1) is 5.70 Å². The molecule has 0 saturated heterocycles. The predicted molar refractivity (Wildman–Crippen MR) is 116 cm³/mol. The van der Waals surface area contributed by atoms with Crippen LogP contribution in [0.3, 0.4) is 0 Å².